The fourth-order valence-corrected chi connectivity index (χ4v) is 4.30. The SMILES string of the molecule is Cc1nn(C)c(C)c1[C@H]1OCC[C@@H]1NS(=O)(=O)C1COC1. The van der Waals surface area contributed by atoms with E-state index in [9.17, 15) is 8.42 Å². The van der Waals surface area contributed by atoms with Gasteiger partial charge in [0.25, 0.3) is 0 Å². The zero-order chi connectivity index (χ0) is 15.2. The molecule has 7 nitrogen and oxygen atoms in total. The molecule has 0 aromatic carbocycles. The van der Waals surface area contributed by atoms with Crippen molar-refractivity contribution in [2.75, 3.05) is 19.8 Å². The molecule has 2 aliphatic rings. The summed E-state index contributed by atoms with van der Waals surface area (Å²) < 4.78 is 39.9. The lowest BCUT2D eigenvalue weighted by atomic mass is 10.0. The highest BCUT2D eigenvalue weighted by molar-refractivity contribution is 7.90. The minimum Gasteiger partial charge on any atom is -0.378 e. The van der Waals surface area contributed by atoms with Crippen molar-refractivity contribution in [3.05, 3.63) is 17.0 Å². The van der Waals surface area contributed by atoms with Crippen molar-refractivity contribution in [1.82, 2.24) is 14.5 Å². The molecular weight excluding hydrogens is 294 g/mol. The second-order valence-corrected chi connectivity index (χ2v) is 7.71. The Balaban J connectivity index is 1.82. The number of hydrogen-bond donors (Lipinski definition) is 1. The van der Waals surface area contributed by atoms with Gasteiger partial charge >= 0.3 is 0 Å². The van der Waals surface area contributed by atoms with E-state index in [1.54, 1.807) is 4.68 Å². The van der Waals surface area contributed by atoms with Gasteiger partial charge in [0.05, 0.1) is 24.9 Å². The van der Waals surface area contributed by atoms with E-state index in [2.05, 4.69) is 9.82 Å². The highest BCUT2D eigenvalue weighted by Gasteiger charge is 2.40. The predicted octanol–water partition coefficient (Wildman–Crippen LogP) is 0.185. The maximum atomic E-state index is 12.3. The van der Waals surface area contributed by atoms with Crippen LogP contribution in [0.4, 0.5) is 0 Å². The molecule has 2 aliphatic heterocycles. The van der Waals surface area contributed by atoms with Crippen LogP contribution in [-0.4, -0.2) is 49.3 Å². The van der Waals surface area contributed by atoms with Gasteiger partial charge in [-0.25, -0.2) is 13.1 Å². The topological polar surface area (TPSA) is 82.5 Å². The van der Waals surface area contributed by atoms with Crippen LogP contribution in [0.2, 0.25) is 0 Å². The number of nitrogens with zero attached hydrogens (tertiary/aromatic N) is 2. The first kappa shape index (κ1) is 15.0. The summed E-state index contributed by atoms with van der Waals surface area (Å²) in [6, 6.07) is -0.239. The van der Waals surface area contributed by atoms with Gasteiger partial charge in [0.2, 0.25) is 10.0 Å². The highest BCUT2D eigenvalue weighted by Crippen LogP contribution is 2.33. The summed E-state index contributed by atoms with van der Waals surface area (Å²) in [6.45, 7) is 5.00. The number of nitrogens with one attached hydrogen (secondary N) is 1. The molecule has 3 heterocycles. The van der Waals surface area contributed by atoms with Crippen LogP contribution in [-0.2, 0) is 26.5 Å². The Morgan fingerprint density at radius 1 is 1.33 bits per heavy atom. The lowest BCUT2D eigenvalue weighted by molar-refractivity contribution is 0.0406. The van der Waals surface area contributed by atoms with E-state index in [-0.39, 0.29) is 25.4 Å². The average molecular weight is 315 g/mol. The molecule has 8 heteroatoms. The number of ether oxygens (including phenoxy) is 2. The summed E-state index contributed by atoms with van der Waals surface area (Å²) in [4.78, 5) is 0. The normalized spacial score (nSPS) is 27.0. The number of rotatable bonds is 4. The number of hydrogen-bond acceptors (Lipinski definition) is 5. The first-order valence-corrected chi connectivity index (χ1v) is 8.65. The Kier molecular flexibility index (Phi) is 3.81. The van der Waals surface area contributed by atoms with Gasteiger partial charge in [0.1, 0.15) is 11.4 Å². The summed E-state index contributed by atoms with van der Waals surface area (Å²) in [5.41, 5.74) is 2.89. The highest BCUT2D eigenvalue weighted by atomic mass is 32.2. The van der Waals surface area contributed by atoms with Crippen LogP contribution >= 0.6 is 0 Å². The first-order valence-electron chi connectivity index (χ1n) is 7.10. The molecular formula is C13H21N3O4S. The maximum Gasteiger partial charge on any atom is 0.219 e. The van der Waals surface area contributed by atoms with Gasteiger partial charge in [-0.05, 0) is 20.3 Å². The molecule has 1 aromatic heterocycles. The monoisotopic (exact) mass is 315 g/mol. The fraction of sp³-hybridized carbons (Fsp3) is 0.769. The van der Waals surface area contributed by atoms with Crippen molar-refractivity contribution < 1.29 is 17.9 Å². The van der Waals surface area contributed by atoms with Gasteiger partial charge in [0.15, 0.2) is 0 Å². The van der Waals surface area contributed by atoms with Crippen LogP contribution in [0.15, 0.2) is 0 Å². The number of sulfonamides is 1. The first-order chi connectivity index (χ1) is 9.90. The Hall–Kier alpha value is -0.960. The van der Waals surface area contributed by atoms with Crippen molar-refractivity contribution in [1.29, 1.82) is 0 Å². The standard InChI is InChI=1S/C13H21N3O4S/c1-8-12(9(2)16(3)14-8)13-11(4-5-20-13)15-21(17,18)10-6-19-7-10/h10-11,13,15H,4-7H2,1-3H3/t11-,13-/m0/s1. The van der Waals surface area contributed by atoms with Crippen LogP contribution < -0.4 is 4.72 Å². The third kappa shape index (κ3) is 2.61. The molecule has 0 spiro atoms. The number of aryl methyl sites for hydroxylation is 2. The smallest absolute Gasteiger partial charge is 0.219 e. The predicted molar refractivity (Wildman–Crippen MR) is 76.4 cm³/mol. The summed E-state index contributed by atoms with van der Waals surface area (Å²) in [7, 11) is -1.47. The van der Waals surface area contributed by atoms with E-state index in [1.165, 1.54) is 0 Å². The van der Waals surface area contributed by atoms with Gasteiger partial charge in [-0.3, -0.25) is 4.68 Å². The van der Waals surface area contributed by atoms with E-state index in [4.69, 9.17) is 9.47 Å². The summed E-state index contributed by atoms with van der Waals surface area (Å²) in [5, 5.41) is 3.95. The van der Waals surface area contributed by atoms with Gasteiger partial charge in [-0.2, -0.15) is 5.10 Å². The third-order valence-corrected chi connectivity index (χ3v) is 6.08. The molecule has 2 saturated heterocycles. The van der Waals surface area contributed by atoms with Crippen LogP contribution in [0.5, 0.6) is 0 Å². The van der Waals surface area contributed by atoms with E-state index < -0.39 is 15.3 Å². The van der Waals surface area contributed by atoms with E-state index in [0.29, 0.717) is 13.0 Å². The molecule has 0 saturated carbocycles. The quantitative estimate of drug-likeness (QED) is 0.857. The summed E-state index contributed by atoms with van der Waals surface area (Å²) in [6.07, 6.45) is 0.403. The Morgan fingerprint density at radius 2 is 2.05 bits per heavy atom. The minimum absolute atomic E-state index is 0.239. The number of aromatic nitrogens is 2. The van der Waals surface area contributed by atoms with Gasteiger partial charge in [-0.15, -0.1) is 0 Å². The third-order valence-electron chi connectivity index (χ3n) is 4.30. The van der Waals surface area contributed by atoms with Gasteiger partial charge < -0.3 is 9.47 Å². The summed E-state index contributed by atoms with van der Waals surface area (Å²) in [5.74, 6) is 0. The maximum absolute atomic E-state index is 12.3. The second-order valence-electron chi connectivity index (χ2n) is 5.72. The molecule has 0 bridgehead atoms. The molecule has 118 valence electrons. The van der Waals surface area contributed by atoms with Crippen LogP contribution in [0.3, 0.4) is 0 Å². The van der Waals surface area contributed by atoms with E-state index in [1.807, 2.05) is 20.9 Å². The molecule has 2 atom stereocenters. The minimum atomic E-state index is -3.35. The summed E-state index contributed by atoms with van der Waals surface area (Å²) >= 11 is 0. The molecule has 3 rings (SSSR count). The Labute approximate surface area is 124 Å². The Morgan fingerprint density at radius 3 is 2.57 bits per heavy atom. The van der Waals surface area contributed by atoms with Crippen LogP contribution in [0, 0.1) is 13.8 Å². The lowest BCUT2D eigenvalue weighted by Gasteiger charge is -2.28. The van der Waals surface area contributed by atoms with Crippen LogP contribution in [0.25, 0.3) is 0 Å². The molecule has 0 unspecified atom stereocenters. The van der Waals surface area contributed by atoms with Crippen LogP contribution in [0.1, 0.15) is 29.5 Å². The van der Waals surface area contributed by atoms with E-state index in [0.717, 1.165) is 17.0 Å². The molecule has 2 fully saturated rings. The van der Waals surface area contributed by atoms with Gasteiger partial charge in [0, 0.05) is 24.9 Å². The van der Waals surface area contributed by atoms with Crippen molar-refractivity contribution in [3.63, 3.8) is 0 Å². The fourth-order valence-electron chi connectivity index (χ4n) is 2.90. The largest absolute Gasteiger partial charge is 0.378 e. The lowest BCUT2D eigenvalue weighted by Crippen LogP contribution is -2.50. The molecule has 1 N–H and O–H groups in total. The molecule has 1 aromatic rings. The average Bonchev–Trinajstić information content (AvgIpc) is 2.82. The molecule has 0 amide bonds. The molecule has 21 heavy (non-hydrogen) atoms. The molecule has 0 aliphatic carbocycles. The zero-order valence-corrected chi connectivity index (χ0v) is 13.3. The van der Waals surface area contributed by atoms with Crippen molar-refractivity contribution in [2.45, 2.75) is 37.7 Å². The molecule has 0 radical (unpaired) electrons. The zero-order valence-electron chi connectivity index (χ0n) is 12.5. The van der Waals surface area contributed by atoms with Gasteiger partial charge in [-0.1, -0.05) is 0 Å². The second kappa shape index (κ2) is 5.35. The van der Waals surface area contributed by atoms with Crippen molar-refractivity contribution in [3.8, 4) is 0 Å². The van der Waals surface area contributed by atoms with E-state index >= 15 is 0 Å². The van der Waals surface area contributed by atoms with Crippen molar-refractivity contribution in [2.24, 2.45) is 7.05 Å². The van der Waals surface area contributed by atoms with Crippen molar-refractivity contribution >= 4 is 10.0 Å². The Bertz CT molecular complexity index is 636.